The van der Waals surface area contributed by atoms with Crippen molar-refractivity contribution < 1.29 is 9.59 Å². The van der Waals surface area contributed by atoms with E-state index >= 15 is 0 Å². The van der Waals surface area contributed by atoms with E-state index in [-0.39, 0.29) is 22.4 Å². The smallest absolute Gasteiger partial charge is 0.254 e. The zero-order valence-corrected chi connectivity index (χ0v) is 17.4. The Morgan fingerprint density at radius 3 is 2.41 bits per heavy atom. The topological polar surface area (TPSA) is 82.0 Å². The molecule has 2 aliphatic rings. The quantitative estimate of drug-likeness (QED) is 0.653. The van der Waals surface area contributed by atoms with Crippen LogP contribution in [0.25, 0.3) is 0 Å². The first-order valence-corrected chi connectivity index (χ1v) is 10.2. The van der Waals surface area contributed by atoms with Gasteiger partial charge in [0.2, 0.25) is 5.91 Å². The number of carbonyl (C=O) groups excluding carboxylic acids is 2. The minimum Gasteiger partial charge on any atom is -0.334 e. The third-order valence-electron chi connectivity index (χ3n) is 5.29. The summed E-state index contributed by atoms with van der Waals surface area (Å²) in [6, 6.07) is 16.1. The molecule has 29 heavy (non-hydrogen) atoms. The molecule has 0 radical (unpaired) electrons. The van der Waals surface area contributed by atoms with Gasteiger partial charge in [-0.05, 0) is 36.6 Å². The summed E-state index contributed by atoms with van der Waals surface area (Å²) in [5, 5.41) is 14.8. The zero-order chi connectivity index (χ0) is 20.8. The van der Waals surface area contributed by atoms with Crippen LogP contribution < -0.4 is 10.6 Å². The lowest BCUT2D eigenvalue weighted by atomic mass is 10.1. The van der Waals surface area contributed by atoms with Crippen LogP contribution in [0.5, 0.6) is 0 Å². The minimum absolute atomic E-state index is 0.185. The Hall–Kier alpha value is -2.26. The van der Waals surface area contributed by atoms with Crippen LogP contribution in [0.4, 0.5) is 5.69 Å². The van der Waals surface area contributed by atoms with Gasteiger partial charge in [-0.3, -0.25) is 9.59 Å². The molecule has 148 valence electrons. The Morgan fingerprint density at radius 1 is 1.10 bits per heavy atom. The van der Waals surface area contributed by atoms with E-state index in [0.717, 1.165) is 5.56 Å². The molecule has 2 saturated carbocycles. The van der Waals surface area contributed by atoms with E-state index in [2.05, 4.69) is 16.7 Å². The third kappa shape index (κ3) is 3.81. The minimum atomic E-state index is -1.19. The SMILES string of the molecule is N#CC1(NC(=O)c2cc(NC(=O)C3C(c4ccccc4)C3(Cl)Cl)ccc2Cl)CC1. The highest BCUT2D eigenvalue weighted by Gasteiger charge is 2.67. The molecule has 4 rings (SSSR count). The van der Waals surface area contributed by atoms with Gasteiger partial charge in [0.05, 0.1) is 22.6 Å². The summed E-state index contributed by atoms with van der Waals surface area (Å²) < 4.78 is -1.19. The monoisotopic (exact) mass is 447 g/mol. The number of halogens is 3. The molecule has 2 fully saturated rings. The van der Waals surface area contributed by atoms with Crippen molar-refractivity contribution in [3.63, 3.8) is 0 Å². The maximum Gasteiger partial charge on any atom is 0.254 e. The largest absolute Gasteiger partial charge is 0.334 e. The van der Waals surface area contributed by atoms with Gasteiger partial charge in [0.1, 0.15) is 9.87 Å². The molecule has 2 aliphatic carbocycles. The van der Waals surface area contributed by atoms with E-state index in [1.54, 1.807) is 6.07 Å². The molecule has 0 aliphatic heterocycles. The van der Waals surface area contributed by atoms with Gasteiger partial charge >= 0.3 is 0 Å². The Bertz CT molecular complexity index is 1030. The number of alkyl halides is 2. The molecular formula is C21H16Cl3N3O2. The fourth-order valence-electron chi connectivity index (χ4n) is 3.40. The van der Waals surface area contributed by atoms with Crippen molar-refractivity contribution in [2.75, 3.05) is 5.32 Å². The molecule has 5 nitrogen and oxygen atoms in total. The number of anilines is 1. The van der Waals surface area contributed by atoms with Crippen molar-refractivity contribution in [2.45, 2.75) is 28.6 Å². The van der Waals surface area contributed by atoms with Crippen LogP contribution in [0, 0.1) is 17.2 Å². The van der Waals surface area contributed by atoms with E-state index in [1.165, 1.54) is 12.1 Å². The van der Waals surface area contributed by atoms with Gasteiger partial charge in [-0.25, -0.2) is 0 Å². The number of nitrogens with zero attached hydrogens (tertiary/aromatic N) is 1. The Kier molecular flexibility index (Phi) is 4.98. The fourth-order valence-corrected chi connectivity index (χ4v) is 4.43. The summed E-state index contributed by atoms with van der Waals surface area (Å²) >= 11 is 18.9. The number of hydrogen-bond acceptors (Lipinski definition) is 3. The van der Waals surface area contributed by atoms with Gasteiger partial charge in [-0.1, -0.05) is 41.9 Å². The third-order valence-corrected chi connectivity index (χ3v) is 6.56. The lowest BCUT2D eigenvalue weighted by molar-refractivity contribution is -0.117. The number of carbonyl (C=O) groups is 2. The summed E-state index contributed by atoms with van der Waals surface area (Å²) in [5.74, 6) is -1.72. The molecule has 0 aromatic heterocycles. The molecule has 2 N–H and O–H groups in total. The van der Waals surface area contributed by atoms with Crippen molar-refractivity contribution in [1.82, 2.24) is 5.32 Å². The average Bonchev–Trinajstić information content (AvgIpc) is 3.59. The Balaban J connectivity index is 1.49. The number of amides is 2. The molecule has 2 amide bonds. The summed E-state index contributed by atoms with van der Waals surface area (Å²) in [7, 11) is 0. The first-order valence-electron chi connectivity index (χ1n) is 9.04. The second-order valence-corrected chi connectivity index (χ2v) is 9.22. The van der Waals surface area contributed by atoms with Gasteiger partial charge in [0.25, 0.3) is 5.91 Å². The molecule has 2 atom stereocenters. The Labute approximate surface area is 182 Å². The van der Waals surface area contributed by atoms with Crippen molar-refractivity contribution >= 4 is 52.3 Å². The molecule has 8 heteroatoms. The van der Waals surface area contributed by atoms with Gasteiger partial charge < -0.3 is 10.6 Å². The van der Waals surface area contributed by atoms with E-state index < -0.39 is 21.7 Å². The predicted octanol–water partition coefficient (Wildman–Crippen LogP) is 4.65. The van der Waals surface area contributed by atoms with Crippen molar-refractivity contribution in [3.8, 4) is 6.07 Å². The van der Waals surface area contributed by atoms with Crippen molar-refractivity contribution in [1.29, 1.82) is 5.26 Å². The van der Waals surface area contributed by atoms with Gasteiger partial charge in [0, 0.05) is 11.6 Å². The maximum absolute atomic E-state index is 12.8. The lowest BCUT2D eigenvalue weighted by Crippen LogP contribution is -2.35. The number of rotatable bonds is 5. The number of nitriles is 1. The van der Waals surface area contributed by atoms with Crippen LogP contribution in [0.1, 0.15) is 34.7 Å². The summed E-state index contributed by atoms with van der Waals surface area (Å²) in [6.07, 6.45) is 1.22. The lowest BCUT2D eigenvalue weighted by Gasteiger charge is -2.12. The predicted molar refractivity (Wildman–Crippen MR) is 112 cm³/mol. The maximum atomic E-state index is 12.8. The highest BCUT2D eigenvalue weighted by Crippen LogP contribution is 2.65. The highest BCUT2D eigenvalue weighted by molar-refractivity contribution is 6.53. The van der Waals surface area contributed by atoms with Crippen molar-refractivity contribution in [3.05, 3.63) is 64.7 Å². The highest BCUT2D eigenvalue weighted by atomic mass is 35.5. The molecule has 0 spiro atoms. The second kappa shape index (κ2) is 7.21. The van der Waals surface area contributed by atoms with E-state index in [1.807, 2.05) is 30.3 Å². The average molecular weight is 449 g/mol. The van der Waals surface area contributed by atoms with E-state index in [4.69, 9.17) is 40.1 Å². The van der Waals surface area contributed by atoms with E-state index in [9.17, 15) is 9.59 Å². The van der Waals surface area contributed by atoms with Crippen molar-refractivity contribution in [2.24, 2.45) is 5.92 Å². The first kappa shape index (κ1) is 20.0. The summed E-state index contributed by atoms with van der Waals surface area (Å²) in [4.78, 5) is 25.3. The molecular weight excluding hydrogens is 433 g/mol. The number of hydrogen-bond donors (Lipinski definition) is 2. The number of benzene rings is 2. The molecule has 0 bridgehead atoms. The molecule has 2 unspecified atom stereocenters. The van der Waals surface area contributed by atoms with Gasteiger partial charge in [-0.15, -0.1) is 23.2 Å². The molecule has 2 aromatic rings. The molecule has 0 saturated heterocycles. The van der Waals surface area contributed by atoms with Gasteiger partial charge in [-0.2, -0.15) is 5.26 Å². The molecule has 0 heterocycles. The molecule has 2 aromatic carbocycles. The fraction of sp³-hybridized carbons (Fsp3) is 0.286. The standard InChI is InChI=1S/C21H16Cl3N3O2/c22-15-7-6-13(10-14(15)18(28)27-20(11-25)8-9-20)26-19(29)17-16(21(17,23)24)12-4-2-1-3-5-12/h1-7,10,16-17H,8-9H2,(H,26,29)(H,27,28). The van der Waals surface area contributed by atoms with Crippen LogP contribution in [0.15, 0.2) is 48.5 Å². The normalized spacial score (nSPS) is 22.8. The van der Waals surface area contributed by atoms with E-state index in [0.29, 0.717) is 18.5 Å². The summed E-state index contributed by atoms with van der Waals surface area (Å²) in [5.41, 5.74) is 0.659. The zero-order valence-electron chi connectivity index (χ0n) is 15.1. The first-order chi connectivity index (χ1) is 13.8. The second-order valence-electron chi connectivity index (χ2n) is 7.37. The van der Waals surface area contributed by atoms with Crippen LogP contribution in [-0.4, -0.2) is 21.7 Å². The number of nitrogens with one attached hydrogen (secondary N) is 2. The summed E-state index contributed by atoms with van der Waals surface area (Å²) in [6.45, 7) is 0. The van der Waals surface area contributed by atoms with Crippen LogP contribution >= 0.6 is 34.8 Å². The van der Waals surface area contributed by atoms with Crippen LogP contribution in [-0.2, 0) is 4.79 Å². The van der Waals surface area contributed by atoms with Crippen LogP contribution in [0.2, 0.25) is 5.02 Å². The van der Waals surface area contributed by atoms with Crippen LogP contribution in [0.3, 0.4) is 0 Å². The Morgan fingerprint density at radius 2 is 1.79 bits per heavy atom. The van der Waals surface area contributed by atoms with Gasteiger partial charge in [0.15, 0.2) is 0 Å².